The number of halogens is 2. The van der Waals surface area contributed by atoms with Crippen molar-refractivity contribution in [2.45, 2.75) is 31.3 Å². The summed E-state index contributed by atoms with van der Waals surface area (Å²) in [5.74, 6) is -2.89. The maximum absolute atomic E-state index is 13.5. The number of aromatic amines is 1. The van der Waals surface area contributed by atoms with Gasteiger partial charge in [-0.1, -0.05) is 0 Å². The highest BCUT2D eigenvalue weighted by Gasteiger charge is 2.38. The zero-order valence-corrected chi connectivity index (χ0v) is 19.8. The van der Waals surface area contributed by atoms with Crippen molar-refractivity contribution >= 4 is 29.0 Å². The van der Waals surface area contributed by atoms with Gasteiger partial charge in [-0.3, -0.25) is 19.7 Å². The van der Waals surface area contributed by atoms with Gasteiger partial charge in [-0.2, -0.15) is 5.10 Å². The van der Waals surface area contributed by atoms with E-state index in [9.17, 15) is 18.4 Å². The fourth-order valence-electron chi connectivity index (χ4n) is 4.23. The van der Waals surface area contributed by atoms with Gasteiger partial charge in [0.15, 0.2) is 5.69 Å². The second kappa shape index (κ2) is 10.5. The highest BCUT2D eigenvalue weighted by molar-refractivity contribution is 6.11. The van der Waals surface area contributed by atoms with E-state index in [0.717, 1.165) is 25.9 Å². The van der Waals surface area contributed by atoms with Gasteiger partial charge in [-0.15, -0.1) is 0 Å². The van der Waals surface area contributed by atoms with Crippen LogP contribution in [0, 0.1) is 0 Å². The molecule has 0 bridgehead atoms. The number of ether oxygens (including phenoxy) is 1. The van der Waals surface area contributed by atoms with E-state index >= 15 is 0 Å². The van der Waals surface area contributed by atoms with Crippen LogP contribution < -0.4 is 25.6 Å². The minimum absolute atomic E-state index is 0.0355. The van der Waals surface area contributed by atoms with Crippen LogP contribution in [0.25, 0.3) is 0 Å². The number of carbonyl (C=O) groups excluding carboxylic acids is 2. The Morgan fingerprint density at radius 3 is 2.68 bits per heavy atom. The van der Waals surface area contributed by atoms with Gasteiger partial charge in [-0.05, 0) is 44.1 Å². The number of hydrogen-bond acceptors (Lipinski definition) is 8. The maximum atomic E-state index is 13.5. The summed E-state index contributed by atoms with van der Waals surface area (Å²) in [6.07, 6.45) is 7.33. The van der Waals surface area contributed by atoms with E-state index in [1.807, 2.05) is 0 Å². The predicted octanol–water partition coefficient (Wildman–Crippen LogP) is 2.68. The van der Waals surface area contributed by atoms with Gasteiger partial charge in [0.05, 0.1) is 35.9 Å². The Labute approximate surface area is 211 Å². The molecule has 13 heteroatoms. The van der Waals surface area contributed by atoms with Crippen LogP contribution >= 0.6 is 0 Å². The van der Waals surface area contributed by atoms with Gasteiger partial charge in [0.25, 0.3) is 17.7 Å². The standard InChI is InChI=1S/C24H26F2N8O3/c25-24(26)5-8-34(14-24)20-2-1-16(11-29-20)31-23(36)21-19(13-30-33-21)32-22(35)15-9-18(12-28-10-15)37-17-3-6-27-7-4-17/h1-2,9-13,17,27H,3-8,14H2,(H,30,33)(H,31,36)(H,32,35). The molecule has 0 radical (unpaired) electrons. The molecule has 4 N–H and O–H groups in total. The van der Waals surface area contributed by atoms with Gasteiger partial charge in [0.2, 0.25) is 0 Å². The molecule has 11 nitrogen and oxygen atoms in total. The van der Waals surface area contributed by atoms with E-state index in [1.165, 1.54) is 23.5 Å². The van der Waals surface area contributed by atoms with Crippen molar-refractivity contribution in [3.05, 3.63) is 54.2 Å². The van der Waals surface area contributed by atoms with E-state index in [4.69, 9.17) is 4.74 Å². The summed E-state index contributed by atoms with van der Waals surface area (Å²) in [7, 11) is 0. The largest absolute Gasteiger partial charge is 0.489 e. The molecule has 2 amide bonds. The second-order valence-electron chi connectivity index (χ2n) is 8.96. The summed E-state index contributed by atoms with van der Waals surface area (Å²) in [6, 6.07) is 4.74. The Morgan fingerprint density at radius 1 is 1.11 bits per heavy atom. The van der Waals surface area contributed by atoms with Gasteiger partial charge in [0.1, 0.15) is 17.7 Å². The number of nitrogens with one attached hydrogen (secondary N) is 4. The number of nitrogens with zero attached hydrogens (tertiary/aromatic N) is 4. The van der Waals surface area contributed by atoms with E-state index < -0.39 is 17.7 Å². The molecule has 5 rings (SSSR count). The first-order valence-electron chi connectivity index (χ1n) is 11.9. The van der Waals surface area contributed by atoms with Crippen LogP contribution in [0.15, 0.2) is 43.0 Å². The molecule has 2 saturated heterocycles. The number of pyridine rings is 2. The summed E-state index contributed by atoms with van der Waals surface area (Å²) >= 11 is 0. The quantitative estimate of drug-likeness (QED) is 0.379. The third-order valence-electron chi connectivity index (χ3n) is 6.17. The predicted molar refractivity (Wildman–Crippen MR) is 131 cm³/mol. The first kappa shape index (κ1) is 24.6. The van der Waals surface area contributed by atoms with Crippen molar-refractivity contribution in [2.75, 3.05) is 41.7 Å². The number of anilines is 3. The van der Waals surface area contributed by atoms with Crippen LogP contribution in [-0.2, 0) is 0 Å². The van der Waals surface area contributed by atoms with Crippen molar-refractivity contribution in [1.82, 2.24) is 25.5 Å². The summed E-state index contributed by atoms with van der Waals surface area (Å²) < 4.78 is 32.9. The molecule has 0 atom stereocenters. The molecular formula is C24H26F2N8O3. The summed E-state index contributed by atoms with van der Waals surface area (Å²) in [4.78, 5) is 35.4. The second-order valence-corrected chi connectivity index (χ2v) is 8.96. The molecule has 5 heterocycles. The van der Waals surface area contributed by atoms with Gasteiger partial charge in [0, 0.05) is 25.4 Å². The zero-order valence-electron chi connectivity index (χ0n) is 19.8. The van der Waals surface area contributed by atoms with Crippen LogP contribution in [0.4, 0.5) is 26.0 Å². The van der Waals surface area contributed by atoms with Crippen LogP contribution in [0.3, 0.4) is 0 Å². The van der Waals surface area contributed by atoms with Gasteiger partial charge < -0.3 is 25.6 Å². The van der Waals surface area contributed by atoms with E-state index in [-0.39, 0.29) is 42.6 Å². The summed E-state index contributed by atoms with van der Waals surface area (Å²) in [6.45, 7) is 1.58. The number of alkyl halides is 2. The lowest BCUT2D eigenvalue weighted by molar-refractivity contribution is 0.0256. The Hall–Kier alpha value is -4.13. The molecule has 2 aliphatic rings. The van der Waals surface area contributed by atoms with Crippen molar-refractivity contribution < 1.29 is 23.1 Å². The minimum Gasteiger partial charge on any atom is -0.489 e. The fourth-order valence-corrected chi connectivity index (χ4v) is 4.23. The minimum atomic E-state index is -2.73. The lowest BCUT2D eigenvalue weighted by Gasteiger charge is -2.23. The highest BCUT2D eigenvalue weighted by Crippen LogP contribution is 2.30. The van der Waals surface area contributed by atoms with E-state index in [1.54, 1.807) is 24.4 Å². The number of piperidine rings is 1. The molecule has 2 aliphatic heterocycles. The molecule has 2 fully saturated rings. The van der Waals surface area contributed by atoms with E-state index in [2.05, 4.69) is 36.1 Å². The number of hydrogen-bond donors (Lipinski definition) is 4. The number of carbonyl (C=O) groups is 2. The van der Waals surface area contributed by atoms with Crippen molar-refractivity contribution in [2.24, 2.45) is 0 Å². The number of aromatic nitrogens is 4. The van der Waals surface area contributed by atoms with Crippen LogP contribution in [0.2, 0.25) is 0 Å². The third kappa shape index (κ3) is 6.00. The average Bonchev–Trinajstić information content (AvgIpc) is 3.51. The lowest BCUT2D eigenvalue weighted by atomic mass is 10.1. The van der Waals surface area contributed by atoms with E-state index in [0.29, 0.717) is 17.3 Å². The number of rotatable bonds is 7. The molecule has 0 spiro atoms. The van der Waals surface area contributed by atoms with Crippen molar-refractivity contribution in [1.29, 1.82) is 0 Å². The van der Waals surface area contributed by atoms with Gasteiger partial charge >= 0.3 is 0 Å². The maximum Gasteiger partial charge on any atom is 0.278 e. The Bertz CT molecular complexity index is 1260. The Balaban J connectivity index is 1.20. The molecule has 194 valence electrons. The first-order chi connectivity index (χ1) is 17.9. The lowest BCUT2D eigenvalue weighted by Crippen LogP contribution is -2.34. The Morgan fingerprint density at radius 2 is 1.95 bits per heavy atom. The third-order valence-corrected chi connectivity index (χ3v) is 6.17. The normalized spacial score (nSPS) is 17.4. The fraction of sp³-hybridized carbons (Fsp3) is 0.375. The number of amides is 2. The highest BCUT2D eigenvalue weighted by atomic mass is 19.3. The monoisotopic (exact) mass is 512 g/mol. The first-order valence-corrected chi connectivity index (χ1v) is 11.9. The van der Waals surface area contributed by atoms with Crippen molar-refractivity contribution in [3.8, 4) is 5.75 Å². The molecule has 0 unspecified atom stereocenters. The topological polar surface area (TPSA) is 137 Å². The van der Waals surface area contributed by atoms with Crippen molar-refractivity contribution in [3.63, 3.8) is 0 Å². The summed E-state index contributed by atoms with van der Waals surface area (Å²) in [5.41, 5.74) is 0.765. The van der Waals surface area contributed by atoms with Crippen LogP contribution in [-0.4, -0.2) is 70.2 Å². The van der Waals surface area contributed by atoms with Crippen LogP contribution in [0.5, 0.6) is 5.75 Å². The molecule has 3 aromatic rings. The van der Waals surface area contributed by atoms with Crippen LogP contribution in [0.1, 0.15) is 40.1 Å². The zero-order chi connectivity index (χ0) is 25.8. The summed E-state index contributed by atoms with van der Waals surface area (Å²) in [5, 5.41) is 15.1. The average molecular weight is 513 g/mol. The number of H-pyrrole nitrogens is 1. The molecular weight excluding hydrogens is 486 g/mol. The molecule has 0 aliphatic carbocycles. The molecule has 3 aromatic heterocycles. The molecule has 0 saturated carbocycles. The van der Waals surface area contributed by atoms with Gasteiger partial charge in [-0.25, -0.2) is 13.8 Å². The molecule has 0 aromatic carbocycles. The SMILES string of the molecule is O=C(Nc1c[nH]nc1C(=O)Nc1ccc(N2CCC(F)(F)C2)nc1)c1cncc(OC2CCNCC2)c1. The Kier molecular flexibility index (Phi) is 6.95. The molecule has 37 heavy (non-hydrogen) atoms. The smallest absolute Gasteiger partial charge is 0.278 e.